The normalized spacial score (nSPS) is 11.2. The van der Waals surface area contributed by atoms with Crippen LogP contribution in [0.1, 0.15) is 24.0 Å². The maximum Gasteiger partial charge on any atom is 0.127 e. The Kier molecular flexibility index (Phi) is 7.70. The van der Waals surface area contributed by atoms with Crippen LogP contribution in [0.15, 0.2) is 85.1 Å². The first kappa shape index (κ1) is 22.3. The lowest BCUT2D eigenvalue weighted by Crippen LogP contribution is -2.25. The van der Waals surface area contributed by atoms with E-state index in [0.717, 1.165) is 54.6 Å². The van der Waals surface area contributed by atoms with E-state index in [-0.39, 0.29) is 5.82 Å². The van der Waals surface area contributed by atoms with Crippen LogP contribution in [-0.4, -0.2) is 23.0 Å². The van der Waals surface area contributed by atoms with Gasteiger partial charge in [0.2, 0.25) is 0 Å². The van der Waals surface area contributed by atoms with Crippen LogP contribution in [-0.2, 0) is 13.1 Å². The highest BCUT2D eigenvalue weighted by Crippen LogP contribution is 2.24. The van der Waals surface area contributed by atoms with Gasteiger partial charge >= 0.3 is 0 Å². The average Bonchev–Trinajstić information content (AvgIpc) is 2.80. The first-order chi connectivity index (χ1) is 15.7. The van der Waals surface area contributed by atoms with Crippen LogP contribution in [0.25, 0.3) is 10.9 Å². The van der Waals surface area contributed by atoms with E-state index in [0.29, 0.717) is 11.6 Å². The number of nitrogens with one attached hydrogen (secondary N) is 1. The van der Waals surface area contributed by atoms with Gasteiger partial charge in [-0.2, -0.15) is 0 Å². The molecule has 0 amide bonds. The van der Waals surface area contributed by atoms with Crippen molar-refractivity contribution in [2.24, 2.45) is 0 Å². The quantitative estimate of drug-likeness (QED) is 0.267. The molecule has 1 heterocycles. The molecule has 4 aromatic rings. The summed E-state index contributed by atoms with van der Waals surface area (Å²) in [5.74, 6) is -0.142. The van der Waals surface area contributed by atoms with Crippen molar-refractivity contribution in [1.82, 2.24) is 9.88 Å². The summed E-state index contributed by atoms with van der Waals surface area (Å²) in [4.78, 5) is 6.71. The zero-order valence-electron chi connectivity index (χ0n) is 18.0. The minimum absolute atomic E-state index is 0.142. The van der Waals surface area contributed by atoms with Crippen LogP contribution < -0.4 is 5.32 Å². The summed E-state index contributed by atoms with van der Waals surface area (Å²) in [6.07, 6.45) is 3.83. The van der Waals surface area contributed by atoms with E-state index in [1.807, 2.05) is 54.6 Å². The molecule has 0 fully saturated rings. The van der Waals surface area contributed by atoms with E-state index in [1.165, 1.54) is 11.6 Å². The number of unbranched alkanes of at least 4 members (excludes halogenated alkanes) is 1. The molecule has 3 nitrogen and oxygen atoms in total. The number of pyridine rings is 1. The van der Waals surface area contributed by atoms with Gasteiger partial charge in [0.15, 0.2) is 0 Å². The number of hydrogen-bond donors (Lipinski definition) is 1. The van der Waals surface area contributed by atoms with Gasteiger partial charge in [-0.1, -0.05) is 60.1 Å². The third-order valence-electron chi connectivity index (χ3n) is 5.52. The van der Waals surface area contributed by atoms with Crippen molar-refractivity contribution in [3.05, 3.63) is 107 Å². The van der Waals surface area contributed by atoms with E-state index in [2.05, 4.69) is 27.3 Å². The fraction of sp³-hybridized carbons (Fsp3) is 0.222. The molecule has 4 rings (SSSR count). The molecule has 0 bridgehead atoms. The number of anilines is 1. The molecular weight excluding hydrogens is 421 g/mol. The van der Waals surface area contributed by atoms with Crippen molar-refractivity contribution in [2.45, 2.75) is 25.9 Å². The van der Waals surface area contributed by atoms with Gasteiger partial charge in [0.25, 0.3) is 0 Å². The number of rotatable bonds is 10. The SMILES string of the molecule is Fc1ccccc1CN(CCCCNc1ccnc2cc(Cl)ccc12)Cc1ccccc1. The Morgan fingerprint density at radius 1 is 0.875 bits per heavy atom. The Morgan fingerprint density at radius 3 is 2.53 bits per heavy atom. The van der Waals surface area contributed by atoms with Crippen molar-refractivity contribution in [2.75, 3.05) is 18.4 Å². The van der Waals surface area contributed by atoms with Crippen LogP contribution in [0, 0.1) is 5.82 Å². The molecule has 0 radical (unpaired) electrons. The van der Waals surface area contributed by atoms with Gasteiger partial charge in [0.1, 0.15) is 5.82 Å². The largest absolute Gasteiger partial charge is 0.384 e. The third kappa shape index (κ3) is 6.06. The first-order valence-electron chi connectivity index (χ1n) is 11.0. The lowest BCUT2D eigenvalue weighted by molar-refractivity contribution is 0.248. The van der Waals surface area contributed by atoms with E-state index >= 15 is 0 Å². The fourth-order valence-corrected chi connectivity index (χ4v) is 4.05. The number of hydrogen-bond acceptors (Lipinski definition) is 3. The van der Waals surface area contributed by atoms with Gasteiger partial charge in [-0.3, -0.25) is 9.88 Å². The average molecular weight is 448 g/mol. The number of fused-ring (bicyclic) bond motifs is 1. The fourth-order valence-electron chi connectivity index (χ4n) is 3.88. The molecule has 32 heavy (non-hydrogen) atoms. The van der Waals surface area contributed by atoms with E-state index < -0.39 is 0 Å². The monoisotopic (exact) mass is 447 g/mol. The molecule has 1 aromatic heterocycles. The summed E-state index contributed by atoms with van der Waals surface area (Å²) in [6.45, 7) is 3.17. The number of aromatic nitrogens is 1. The van der Waals surface area contributed by atoms with Gasteiger partial charge < -0.3 is 5.32 Å². The summed E-state index contributed by atoms with van der Waals surface area (Å²) in [7, 11) is 0. The molecule has 0 aliphatic heterocycles. The molecule has 0 atom stereocenters. The molecule has 5 heteroatoms. The minimum Gasteiger partial charge on any atom is -0.384 e. The highest BCUT2D eigenvalue weighted by atomic mass is 35.5. The summed E-state index contributed by atoms with van der Waals surface area (Å²) in [5, 5.41) is 5.29. The molecule has 3 aromatic carbocycles. The zero-order valence-corrected chi connectivity index (χ0v) is 18.7. The van der Waals surface area contributed by atoms with E-state index in [1.54, 1.807) is 12.3 Å². The lowest BCUT2D eigenvalue weighted by Gasteiger charge is -2.23. The van der Waals surface area contributed by atoms with Crippen LogP contribution in [0.3, 0.4) is 0 Å². The second-order valence-electron chi connectivity index (χ2n) is 7.94. The van der Waals surface area contributed by atoms with Crippen molar-refractivity contribution in [1.29, 1.82) is 0 Å². The number of nitrogens with zero attached hydrogens (tertiary/aromatic N) is 2. The smallest absolute Gasteiger partial charge is 0.127 e. The minimum atomic E-state index is -0.142. The van der Waals surface area contributed by atoms with Crippen molar-refractivity contribution >= 4 is 28.2 Å². The molecule has 0 aliphatic carbocycles. The zero-order chi connectivity index (χ0) is 22.2. The lowest BCUT2D eigenvalue weighted by atomic mass is 10.1. The standard InChI is InChI=1S/C27H27ClFN3/c28-23-12-13-24-26(14-16-31-27(24)18-23)30-15-6-7-17-32(19-21-8-2-1-3-9-21)20-22-10-4-5-11-25(22)29/h1-5,8-14,16,18H,6-7,15,17,19-20H2,(H,30,31). The molecule has 0 aliphatic rings. The van der Waals surface area contributed by atoms with Crippen molar-refractivity contribution in [3.63, 3.8) is 0 Å². The Bertz CT molecular complexity index is 1150. The molecule has 1 N–H and O–H groups in total. The molecule has 0 spiro atoms. The maximum absolute atomic E-state index is 14.2. The maximum atomic E-state index is 14.2. The number of halogens is 2. The highest BCUT2D eigenvalue weighted by molar-refractivity contribution is 6.31. The van der Waals surface area contributed by atoms with E-state index in [4.69, 9.17) is 11.6 Å². The Labute approximate surface area is 193 Å². The predicted molar refractivity (Wildman–Crippen MR) is 131 cm³/mol. The molecular formula is C27H27ClFN3. The van der Waals surface area contributed by atoms with E-state index in [9.17, 15) is 4.39 Å². The molecule has 0 saturated heterocycles. The highest BCUT2D eigenvalue weighted by Gasteiger charge is 2.10. The summed E-state index contributed by atoms with van der Waals surface area (Å²) >= 11 is 6.08. The first-order valence-corrected chi connectivity index (χ1v) is 11.3. The second kappa shape index (κ2) is 11.1. The van der Waals surface area contributed by atoms with Gasteiger partial charge in [-0.05, 0) is 55.3 Å². The van der Waals surface area contributed by atoms with Crippen LogP contribution in [0.5, 0.6) is 0 Å². The third-order valence-corrected chi connectivity index (χ3v) is 5.76. The molecule has 0 unspecified atom stereocenters. The summed E-state index contributed by atoms with van der Waals surface area (Å²) < 4.78 is 14.2. The predicted octanol–water partition coefficient (Wildman–Crippen LogP) is 6.92. The Hall–Kier alpha value is -2.95. The van der Waals surface area contributed by atoms with Crippen LogP contribution in [0.4, 0.5) is 10.1 Å². The summed E-state index contributed by atoms with van der Waals surface area (Å²) in [6, 6.07) is 25.2. The second-order valence-corrected chi connectivity index (χ2v) is 8.38. The van der Waals surface area contributed by atoms with Crippen molar-refractivity contribution in [3.8, 4) is 0 Å². The van der Waals surface area contributed by atoms with Crippen LogP contribution >= 0.6 is 11.6 Å². The molecule has 0 saturated carbocycles. The Balaban J connectivity index is 1.33. The number of benzene rings is 3. The topological polar surface area (TPSA) is 28.2 Å². The van der Waals surface area contributed by atoms with Gasteiger partial charge in [0, 0.05) is 47.5 Å². The van der Waals surface area contributed by atoms with Crippen molar-refractivity contribution < 1.29 is 4.39 Å². The van der Waals surface area contributed by atoms with Gasteiger partial charge in [-0.15, -0.1) is 0 Å². The Morgan fingerprint density at radius 2 is 1.69 bits per heavy atom. The van der Waals surface area contributed by atoms with Gasteiger partial charge in [0.05, 0.1) is 5.52 Å². The summed E-state index contributed by atoms with van der Waals surface area (Å²) in [5.41, 5.74) is 3.94. The van der Waals surface area contributed by atoms with Crippen LogP contribution in [0.2, 0.25) is 5.02 Å². The van der Waals surface area contributed by atoms with Gasteiger partial charge in [-0.25, -0.2) is 4.39 Å². The molecule has 164 valence electrons.